The summed E-state index contributed by atoms with van der Waals surface area (Å²) in [4.78, 5) is 10.7. The molecule has 1 unspecified atom stereocenters. The quantitative estimate of drug-likeness (QED) is 0.507. The fourth-order valence-corrected chi connectivity index (χ4v) is 3.95. The molecule has 3 nitrogen and oxygen atoms in total. The van der Waals surface area contributed by atoms with E-state index in [1.165, 1.54) is 0 Å². The molecule has 1 atom stereocenters. The molecule has 1 saturated heterocycles. The van der Waals surface area contributed by atoms with Gasteiger partial charge >= 0.3 is 0 Å². The van der Waals surface area contributed by atoms with Crippen molar-refractivity contribution in [3.05, 3.63) is 0 Å². The SMILES string of the molecule is O=CC1(CCCl)CCS(=O)(=O)C1. The lowest BCUT2D eigenvalue weighted by molar-refractivity contribution is -0.115. The summed E-state index contributed by atoms with van der Waals surface area (Å²) in [5.41, 5.74) is -0.680. The minimum absolute atomic E-state index is 0.0176. The standard InChI is InChI=1S/C7H11ClO3S/c8-3-1-7(5-9)2-4-12(10,11)6-7/h5H,1-4,6H2. The number of alkyl halides is 1. The Bertz CT molecular complexity index is 272. The Morgan fingerprint density at radius 3 is 2.50 bits per heavy atom. The number of rotatable bonds is 3. The lowest BCUT2D eigenvalue weighted by Crippen LogP contribution is -2.24. The molecule has 0 aromatic rings. The third-order valence-corrected chi connectivity index (χ3v) is 4.29. The Kier molecular flexibility index (Phi) is 2.78. The molecule has 0 radical (unpaired) electrons. The highest BCUT2D eigenvalue weighted by atomic mass is 35.5. The number of halogens is 1. The highest BCUT2D eigenvalue weighted by Gasteiger charge is 2.41. The Labute approximate surface area is 77.0 Å². The molecule has 0 N–H and O–H groups in total. The van der Waals surface area contributed by atoms with Gasteiger partial charge in [-0.2, -0.15) is 0 Å². The van der Waals surface area contributed by atoms with Crippen molar-refractivity contribution >= 4 is 27.7 Å². The van der Waals surface area contributed by atoms with Crippen LogP contribution in [0.2, 0.25) is 0 Å². The van der Waals surface area contributed by atoms with Crippen molar-refractivity contribution in [3.63, 3.8) is 0 Å². The normalized spacial score (nSPS) is 33.4. The van der Waals surface area contributed by atoms with Gasteiger partial charge in [-0.05, 0) is 12.8 Å². The molecular formula is C7H11ClO3S. The first-order valence-corrected chi connectivity index (χ1v) is 6.12. The van der Waals surface area contributed by atoms with Crippen molar-refractivity contribution < 1.29 is 13.2 Å². The van der Waals surface area contributed by atoms with Crippen LogP contribution in [0.25, 0.3) is 0 Å². The fourth-order valence-electron chi connectivity index (χ4n) is 1.48. The van der Waals surface area contributed by atoms with Crippen LogP contribution in [0.15, 0.2) is 0 Å². The van der Waals surface area contributed by atoms with Crippen LogP contribution < -0.4 is 0 Å². The second kappa shape index (κ2) is 3.34. The topological polar surface area (TPSA) is 51.2 Å². The van der Waals surface area contributed by atoms with Gasteiger partial charge in [0, 0.05) is 11.3 Å². The van der Waals surface area contributed by atoms with Crippen molar-refractivity contribution in [2.75, 3.05) is 17.4 Å². The van der Waals surface area contributed by atoms with E-state index in [0.717, 1.165) is 6.29 Å². The molecule has 12 heavy (non-hydrogen) atoms. The minimum atomic E-state index is -2.98. The van der Waals surface area contributed by atoms with Crippen molar-refractivity contribution in [2.45, 2.75) is 12.8 Å². The van der Waals surface area contributed by atoms with Crippen molar-refractivity contribution in [2.24, 2.45) is 5.41 Å². The molecule has 0 aromatic heterocycles. The minimum Gasteiger partial charge on any atom is -0.303 e. The first kappa shape index (κ1) is 9.99. The first-order chi connectivity index (χ1) is 5.54. The molecule has 1 fully saturated rings. The van der Waals surface area contributed by atoms with Crippen LogP contribution in [0, 0.1) is 5.41 Å². The summed E-state index contributed by atoms with van der Waals surface area (Å²) in [5.74, 6) is 0.451. The first-order valence-electron chi connectivity index (χ1n) is 3.76. The zero-order chi connectivity index (χ0) is 9.24. The van der Waals surface area contributed by atoms with Crippen LogP contribution in [0.3, 0.4) is 0 Å². The number of hydrogen-bond donors (Lipinski definition) is 0. The predicted molar refractivity (Wildman–Crippen MR) is 47.1 cm³/mol. The monoisotopic (exact) mass is 210 g/mol. The maximum absolute atomic E-state index is 11.1. The average molecular weight is 211 g/mol. The second-order valence-electron chi connectivity index (χ2n) is 3.26. The molecule has 0 aliphatic carbocycles. The lowest BCUT2D eigenvalue weighted by Gasteiger charge is -2.17. The molecule has 0 aromatic carbocycles. The van der Waals surface area contributed by atoms with Crippen LogP contribution in [-0.4, -0.2) is 32.1 Å². The number of hydrogen-bond acceptors (Lipinski definition) is 3. The summed E-state index contributed by atoms with van der Waals surface area (Å²) in [6.07, 6.45) is 1.66. The maximum Gasteiger partial charge on any atom is 0.151 e. The van der Waals surface area contributed by atoms with Gasteiger partial charge in [-0.1, -0.05) is 0 Å². The summed E-state index contributed by atoms with van der Waals surface area (Å²) in [6.45, 7) is 0. The molecule has 1 aliphatic rings. The molecule has 0 saturated carbocycles. The zero-order valence-electron chi connectivity index (χ0n) is 6.62. The Morgan fingerprint density at radius 2 is 2.17 bits per heavy atom. The number of aldehydes is 1. The van der Waals surface area contributed by atoms with E-state index in [4.69, 9.17) is 11.6 Å². The lowest BCUT2D eigenvalue weighted by atomic mass is 9.87. The van der Waals surface area contributed by atoms with Crippen LogP contribution >= 0.6 is 11.6 Å². The van der Waals surface area contributed by atoms with Gasteiger partial charge in [0.05, 0.1) is 11.5 Å². The van der Waals surface area contributed by atoms with Crippen molar-refractivity contribution in [1.29, 1.82) is 0 Å². The Hall–Kier alpha value is -0.0900. The maximum atomic E-state index is 11.1. The highest BCUT2D eigenvalue weighted by molar-refractivity contribution is 7.91. The smallest absolute Gasteiger partial charge is 0.151 e. The zero-order valence-corrected chi connectivity index (χ0v) is 8.20. The summed E-state index contributed by atoms with van der Waals surface area (Å²) < 4.78 is 22.2. The van der Waals surface area contributed by atoms with Crippen LogP contribution in [-0.2, 0) is 14.6 Å². The van der Waals surface area contributed by atoms with Crippen LogP contribution in [0.5, 0.6) is 0 Å². The Balaban J connectivity index is 2.79. The van der Waals surface area contributed by atoms with Gasteiger partial charge < -0.3 is 4.79 Å². The average Bonchev–Trinajstić information content (AvgIpc) is 2.29. The third kappa shape index (κ3) is 1.98. The van der Waals surface area contributed by atoms with E-state index < -0.39 is 15.3 Å². The molecule has 0 amide bonds. The number of carbonyl (C=O) groups is 1. The summed E-state index contributed by atoms with van der Waals surface area (Å²) in [7, 11) is -2.98. The van der Waals surface area contributed by atoms with E-state index in [1.54, 1.807) is 0 Å². The van der Waals surface area contributed by atoms with Crippen LogP contribution in [0.1, 0.15) is 12.8 Å². The van der Waals surface area contributed by atoms with Gasteiger partial charge in [0.1, 0.15) is 6.29 Å². The van der Waals surface area contributed by atoms with Gasteiger partial charge in [-0.3, -0.25) is 0 Å². The molecule has 70 valence electrons. The van der Waals surface area contributed by atoms with E-state index in [9.17, 15) is 13.2 Å². The van der Waals surface area contributed by atoms with Crippen LogP contribution in [0.4, 0.5) is 0 Å². The van der Waals surface area contributed by atoms with Gasteiger partial charge in [0.15, 0.2) is 9.84 Å². The molecule has 1 heterocycles. The van der Waals surface area contributed by atoms with E-state index in [0.29, 0.717) is 18.7 Å². The summed E-state index contributed by atoms with van der Waals surface area (Å²) in [5, 5.41) is 0. The molecule has 1 aliphatic heterocycles. The molecular weight excluding hydrogens is 200 g/mol. The van der Waals surface area contributed by atoms with Crippen molar-refractivity contribution in [3.8, 4) is 0 Å². The van der Waals surface area contributed by atoms with E-state index in [-0.39, 0.29) is 11.5 Å². The Morgan fingerprint density at radius 1 is 1.50 bits per heavy atom. The van der Waals surface area contributed by atoms with E-state index in [1.807, 2.05) is 0 Å². The largest absolute Gasteiger partial charge is 0.303 e. The summed E-state index contributed by atoms with van der Waals surface area (Å²) >= 11 is 5.49. The fraction of sp³-hybridized carbons (Fsp3) is 0.857. The molecule has 1 rings (SSSR count). The highest BCUT2D eigenvalue weighted by Crippen LogP contribution is 2.33. The van der Waals surface area contributed by atoms with Gasteiger partial charge in [-0.25, -0.2) is 8.42 Å². The van der Waals surface area contributed by atoms with Gasteiger partial charge in [0.25, 0.3) is 0 Å². The van der Waals surface area contributed by atoms with Gasteiger partial charge in [-0.15, -0.1) is 11.6 Å². The van der Waals surface area contributed by atoms with Gasteiger partial charge in [0.2, 0.25) is 0 Å². The molecule has 0 spiro atoms. The predicted octanol–water partition coefficient (Wildman–Crippen LogP) is 0.619. The van der Waals surface area contributed by atoms with Crippen molar-refractivity contribution in [1.82, 2.24) is 0 Å². The second-order valence-corrected chi connectivity index (χ2v) is 5.82. The number of carbonyl (C=O) groups excluding carboxylic acids is 1. The van der Waals surface area contributed by atoms with E-state index >= 15 is 0 Å². The molecule has 5 heteroatoms. The number of sulfone groups is 1. The summed E-state index contributed by atoms with van der Waals surface area (Å²) in [6, 6.07) is 0. The third-order valence-electron chi connectivity index (χ3n) is 2.26. The molecule has 0 bridgehead atoms. The van der Waals surface area contributed by atoms with E-state index in [2.05, 4.69) is 0 Å².